The van der Waals surface area contributed by atoms with E-state index in [2.05, 4.69) is 27.4 Å². The summed E-state index contributed by atoms with van der Waals surface area (Å²) in [6.45, 7) is 10.0. The van der Waals surface area contributed by atoms with Crippen LogP contribution in [0.3, 0.4) is 0 Å². The maximum Gasteiger partial charge on any atom is 0.238 e. The zero-order valence-corrected chi connectivity index (χ0v) is 12.7. The number of nitrogens with zero attached hydrogens (tertiary/aromatic N) is 2. The Kier molecular flexibility index (Phi) is 6.43. The minimum atomic E-state index is 0.0260. The van der Waals surface area contributed by atoms with E-state index < -0.39 is 0 Å². The summed E-state index contributed by atoms with van der Waals surface area (Å²) in [7, 11) is 0. The standard InChI is InChI=1S/C13H26N4OS/c1-2-16-6-8-17(9-7-16)5-3-4-14-13(18)12-10-19-11-15-12/h12,15H,2-11H2,1H3,(H,14,18). The topological polar surface area (TPSA) is 47.6 Å². The van der Waals surface area contributed by atoms with Crippen LogP contribution < -0.4 is 10.6 Å². The van der Waals surface area contributed by atoms with Gasteiger partial charge in [0.25, 0.3) is 0 Å². The van der Waals surface area contributed by atoms with Gasteiger partial charge >= 0.3 is 0 Å². The molecular weight excluding hydrogens is 260 g/mol. The minimum absolute atomic E-state index is 0.0260. The van der Waals surface area contributed by atoms with Gasteiger partial charge in [0.05, 0.1) is 6.04 Å². The number of amides is 1. The number of likely N-dealkylation sites (N-methyl/N-ethyl adjacent to an activating group) is 1. The molecule has 2 heterocycles. The molecule has 1 amide bonds. The molecule has 2 aliphatic rings. The number of nitrogens with one attached hydrogen (secondary N) is 2. The van der Waals surface area contributed by atoms with Gasteiger partial charge in [0.15, 0.2) is 0 Å². The van der Waals surface area contributed by atoms with E-state index in [-0.39, 0.29) is 11.9 Å². The fourth-order valence-corrected chi connectivity index (χ4v) is 3.47. The molecule has 2 N–H and O–H groups in total. The van der Waals surface area contributed by atoms with Crippen molar-refractivity contribution in [1.82, 2.24) is 20.4 Å². The van der Waals surface area contributed by atoms with E-state index in [0.717, 1.165) is 37.7 Å². The highest BCUT2D eigenvalue weighted by Gasteiger charge is 2.21. The average Bonchev–Trinajstić information content (AvgIpc) is 2.98. The highest BCUT2D eigenvalue weighted by atomic mass is 32.2. The van der Waals surface area contributed by atoms with Crippen LogP contribution in [0.1, 0.15) is 13.3 Å². The Morgan fingerprint density at radius 3 is 2.68 bits per heavy atom. The van der Waals surface area contributed by atoms with Gasteiger partial charge in [0, 0.05) is 44.4 Å². The molecule has 0 saturated carbocycles. The van der Waals surface area contributed by atoms with Crippen molar-refractivity contribution in [3.63, 3.8) is 0 Å². The number of piperazine rings is 1. The SMILES string of the molecule is CCN1CCN(CCCNC(=O)C2CSCN2)CC1. The first-order valence-electron chi connectivity index (χ1n) is 7.33. The normalized spacial score (nSPS) is 25.6. The molecule has 2 fully saturated rings. The molecular formula is C13H26N4OS. The molecule has 1 atom stereocenters. The van der Waals surface area contributed by atoms with Crippen LogP contribution in [0.5, 0.6) is 0 Å². The van der Waals surface area contributed by atoms with E-state index in [4.69, 9.17) is 0 Å². The summed E-state index contributed by atoms with van der Waals surface area (Å²) in [6, 6.07) is 0.0260. The lowest BCUT2D eigenvalue weighted by molar-refractivity contribution is -0.122. The van der Waals surface area contributed by atoms with Crippen LogP contribution in [0.15, 0.2) is 0 Å². The van der Waals surface area contributed by atoms with Crippen molar-refractivity contribution in [2.24, 2.45) is 0 Å². The molecule has 0 spiro atoms. The lowest BCUT2D eigenvalue weighted by atomic mass is 10.2. The maximum absolute atomic E-state index is 11.8. The Balaban J connectivity index is 1.51. The molecule has 19 heavy (non-hydrogen) atoms. The van der Waals surface area contributed by atoms with Gasteiger partial charge in [0.2, 0.25) is 5.91 Å². The fraction of sp³-hybridized carbons (Fsp3) is 0.923. The molecule has 5 nitrogen and oxygen atoms in total. The van der Waals surface area contributed by atoms with Crippen LogP contribution in [0.2, 0.25) is 0 Å². The van der Waals surface area contributed by atoms with E-state index >= 15 is 0 Å². The summed E-state index contributed by atoms with van der Waals surface area (Å²) in [5, 5.41) is 6.23. The van der Waals surface area contributed by atoms with Gasteiger partial charge in [-0.15, -0.1) is 11.8 Å². The molecule has 0 aromatic rings. The molecule has 110 valence electrons. The van der Waals surface area contributed by atoms with E-state index in [1.807, 2.05) is 0 Å². The second-order valence-electron chi connectivity index (χ2n) is 5.19. The molecule has 0 aliphatic carbocycles. The van der Waals surface area contributed by atoms with Crippen LogP contribution >= 0.6 is 11.8 Å². The molecule has 0 bridgehead atoms. The molecule has 2 aliphatic heterocycles. The summed E-state index contributed by atoms with van der Waals surface area (Å²) in [4.78, 5) is 16.8. The lowest BCUT2D eigenvalue weighted by Crippen LogP contribution is -2.47. The zero-order valence-electron chi connectivity index (χ0n) is 11.9. The van der Waals surface area contributed by atoms with Gasteiger partial charge in [-0.1, -0.05) is 6.92 Å². The van der Waals surface area contributed by atoms with Crippen molar-refractivity contribution >= 4 is 17.7 Å². The number of hydrogen-bond acceptors (Lipinski definition) is 5. The number of rotatable bonds is 6. The van der Waals surface area contributed by atoms with Gasteiger partial charge in [-0.05, 0) is 19.5 Å². The number of carbonyl (C=O) groups excluding carboxylic acids is 1. The summed E-state index contributed by atoms with van der Waals surface area (Å²) < 4.78 is 0. The molecule has 2 rings (SSSR count). The Labute approximate surface area is 120 Å². The third-order valence-corrected chi connectivity index (χ3v) is 4.84. The molecule has 6 heteroatoms. The zero-order chi connectivity index (χ0) is 13.5. The molecule has 0 aromatic heterocycles. The van der Waals surface area contributed by atoms with Crippen LogP contribution in [0.25, 0.3) is 0 Å². The molecule has 0 aromatic carbocycles. The molecule has 2 saturated heterocycles. The summed E-state index contributed by atoms with van der Waals surface area (Å²) in [6.07, 6.45) is 1.05. The maximum atomic E-state index is 11.8. The van der Waals surface area contributed by atoms with E-state index in [1.54, 1.807) is 11.8 Å². The van der Waals surface area contributed by atoms with Crippen molar-refractivity contribution < 1.29 is 4.79 Å². The summed E-state index contributed by atoms with van der Waals surface area (Å²) >= 11 is 1.79. The van der Waals surface area contributed by atoms with Gasteiger partial charge < -0.3 is 15.1 Å². The minimum Gasteiger partial charge on any atom is -0.355 e. The highest BCUT2D eigenvalue weighted by molar-refractivity contribution is 7.99. The Hall–Kier alpha value is -0.300. The third kappa shape index (κ3) is 4.95. The van der Waals surface area contributed by atoms with E-state index in [0.29, 0.717) is 0 Å². The van der Waals surface area contributed by atoms with Crippen molar-refractivity contribution in [2.75, 3.05) is 57.4 Å². The largest absolute Gasteiger partial charge is 0.355 e. The molecule has 0 radical (unpaired) electrons. The highest BCUT2D eigenvalue weighted by Crippen LogP contribution is 2.09. The van der Waals surface area contributed by atoms with Crippen LogP contribution in [0, 0.1) is 0 Å². The predicted octanol–water partition coefficient (Wildman–Crippen LogP) is -0.207. The average molecular weight is 286 g/mol. The van der Waals surface area contributed by atoms with Crippen LogP contribution in [-0.2, 0) is 4.79 Å². The smallest absolute Gasteiger partial charge is 0.238 e. The van der Waals surface area contributed by atoms with Crippen molar-refractivity contribution in [1.29, 1.82) is 0 Å². The fourth-order valence-electron chi connectivity index (χ4n) is 2.53. The van der Waals surface area contributed by atoms with Gasteiger partial charge in [-0.3, -0.25) is 10.1 Å². The quantitative estimate of drug-likeness (QED) is 0.662. The first kappa shape index (κ1) is 15.1. The second-order valence-corrected chi connectivity index (χ2v) is 6.22. The van der Waals surface area contributed by atoms with Gasteiger partial charge in [0.1, 0.15) is 0 Å². The first-order valence-corrected chi connectivity index (χ1v) is 8.48. The van der Waals surface area contributed by atoms with Crippen molar-refractivity contribution in [3.8, 4) is 0 Å². The summed E-state index contributed by atoms with van der Waals surface area (Å²) in [5.74, 6) is 1.98. The Bertz CT molecular complexity index is 276. The van der Waals surface area contributed by atoms with Gasteiger partial charge in [-0.25, -0.2) is 0 Å². The summed E-state index contributed by atoms with van der Waals surface area (Å²) in [5.41, 5.74) is 0. The van der Waals surface area contributed by atoms with Gasteiger partial charge in [-0.2, -0.15) is 0 Å². The Morgan fingerprint density at radius 1 is 1.32 bits per heavy atom. The number of thioether (sulfide) groups is 1. The van der Waals surface area contributed by atoms with Crippen molar-refractivity contribution in [2.45, 2.75) is 19.4 Å². The lowest BCUT2D eigenvalue weighted by Gasteiger charge is -2.34. The van der Waals surface area contributed by atoms with Crippen LogP contribution in [-0.4, -0.2) is 79.2 Å². The number of carbonyl (C=O) groups is 1. The monoisotopic (exact) mass is 286 g/mol. The van der Waals surface area contributed by atoms with E-state index in [1.165, 1.54) is 26.2 Å². The van der Waals surface area contributed by atoms with Crippen molar-refractivity contribution in [3.05, 3.63) is 0 Å². The number of hydrogen-bond donors (Lipinski definition) is 2. The van der Waals surface area contributed by atoms with Crippen LogP contribution in [0.4, 0.5) is 0 Å². The molecule has 1 unspecified atom stereocenters. The second kappa shape index (κ2) is 8.09. The van der Waals surface area contributed by atoms with E-state index in [9.17, 15) is 4.79 Å². The first-order chi connectivity index (χ1) is 9.29. The third-order valence-electron chi connectivity index (χ3n) is 3.90. The predicted molar refractivity (Wildman–Crippen MR) is 80.4 cm³/mol. The Morgan fingerprint density at radius 2 is 2.05 bits per heavy atom.